The van der Waals surface area contributed by atoms with Crippen molar-refractivity contribution in [2.75, 3.05) is 0 Å². The van der Waals surface area contributed by atoms with Crippen LogP contribution < -0.4 is 0 Å². The second kappa shape index (κ2) is 10.8. The third kappa shape index (κ3) is 6.07. The van der Waals surface area contributed by atoms with Crippen molar-refractivity contribution in [3.05, 3.63) is 130 Å². The van der Waals surface area contributed by atoms with Crippen LogP contribution in [-0.4, -0.2) is 12.4 Å². The first kappa shape index (κ1) is 28.0. The van der Waals surface area contributed by atoms with Crippen molar-refractivity contribution in [3.8, 4) is 11.1 Å². The molecule has 4 aromatic carbocycles. The Morgan fingerprint density at radius 2 is 0.568 bits per heavy atom. The van der Waals surface area contributed by atoms with Crippen molar-refractivity contribution < 1.29 is 26.3 Å². The lowest BCUT2D eigenvalue weighted by molar-refractivity contribution is -0.288. The topological polar surface area (TPSA) is 0 Å². The van der Waals surface area contributed by atoms with Crippen molar-refractivity contribution in [1.29, 1.82) is 0 Å². The number of alkyl halides is 6. The van der Waals surface area contributed by atoms with Crippen molar-refractivity contribution in [2.45, 2.75) is 45.5 Å². The van der Waals surface area contributed by atoms with Crippen LogP contribution in [-0.2, 0) is 5.41 Å². The molecule has 0 aliphatic rings. The van der Waals surface area contributed by atoms with Crippen LogP contribution in [0.2, 0.25) is 0 Å². The maximum absolute atomic E-state index is 13.7. The summed E-state index contributed by atoms with van der Waals surface area (Å²) in [6, 6.07) is 25.8. The highest BCUT2D eigenvalue weighted by Crippen LogP contribution is 2.56. The predicted molar refractivity (Wildman–Crippen MR) is 137 cm³/mol. The molecule has 0 bridgehead atoms. The minimum Gasteiger partial charge on any atom is -0.169 e. The Labute approximate surface area is 213 Å². The molecule has 4 aromatic rings. The molecular formula is C31H28F6. The van der Waals surface area contributed by atoms with E-state index in [0.29, 0.717) is 11.1 Å². The molecule has 37 heavy (non-hydrogen) atoms. The molecular weight excluding hydrogens is 486 g/mol. The number of rotatable bonds is 3. The van der Waals surface area contributed by atoms with E-state index in [2.05, 4.69) is 62.4 Å². The van der Waals surface area contributed by atoms with Crippen LogP contribution in [0.15, 0.2) is 97.1 Å². The summed E-state index contributed by atoms with van der Waals surface area (Å²) in [5, 5.41) is 0. The summed E-state index contributed by atoms with van der Waals surface area (Å²) in [4.78, 5) is 0. The van der Waals surface area contributed by atoms with Gasteiger partial charge in [0.1, 0.15) is 0 Å². The third-order valence-corrected chi connectivity index (χ3v) is 6.26. The third-order valence-electron chi connectivity index (χ3n) is 6.26. The highest BCUT2D eigenvalue weighted by atomic mass is 19.4. The second-order valence-corrected chi connectivity index (χ2v) is 9.21. The molecule has 0 aliphatic heterocycles. The van der Waals surface area contributed by atoms with Gasteiger partial charge in [-0.25, -0.2) is 0 Å². The van der Waals surface area contributed by atoms with Gasteiger partial charge in [0.15, 0.2) is 0 Å². The molecule has 0 radical (unpaired) electrons. The SMILES string of the molecule is Cc1ccc(-c2ccc(C)cc2)cc1.Cc1ccc(C(c2ccc(C)cc2)(C(F)(F)F)C(F)(F)F)cc1. The molecule has 0 fully saturated rings. The number of aryl methyl sites for hydroxylation is 4. The summed E-state index contributed by atoms with van der Waals surface area (Å²) in [5.41, 5.74) is 0.611. The zero-order valence-electron chi connectivity index (χ0n) is 21.0. The highest BCUT2D eigenvalue weighted by Gasteiger charge is 2.72. The molecule has 0 amide bonds. The molecule has 0 aromatic heterocycles. The maximum atomic E-state index is 13.7. The van der Waals surface area contributed by atoms with E-state index in [-0.39, 0.29) is 0 Å². The van der Waals surface area contributed by atoms with Gasteiger partial charge in [-0.2, -0.15) is 26.3 Å². The van der Waals surface area contributed by atoms with E-state index in [1.165, 1.54) is 46.5 Å². The van der Waals surface area contributed by atoms with Gasteiger partial charge < -0.3 is 0 Å². The van der Waals surface area contributed by atoms with E-state index in [0.717, 1.165) is 24.3 Å². The summed E-state index contributed by atoms with van der Waals surface area (Å²) in [7, 11) is 0. The molecule has 0 saturated heterocycles. The molecule has 4 rings (SSSR count). The van der Waals surface area contributed by atoms with Crippen molar-refractivity contribution in [2.24, 2.45) is 0 Å². The number of hydrogen-bond acceptors (Lipinski definition) is 0. The van der Waals surface area contributed by atoms with E-state index in [9.17, 15) is 26.3 Å². The van der Waals surface area contributed by atoms with Gasteiger partial charge in [-0.05, 0) is 49.9 Å². The van der Waals surface area contributed by atoms with Gasteiger partial charge in [0.05, 0.1) is 0 Å². The molecule has 0 atom stereocenters. The molecule has 0 nitrogen and oxygen atoms in total. The number of hydrogen-bond donors (Lipinski definition) is 0. The van der Waals surface area contributed by atoms with Crippen LogP contribution in [0.5, 0.6) is 0 Å². The van der Waals surface area contributed by atoms with Gasteiger partial charge >= 0.3 is 12.4 Å². The van der Waals surface area contributed by atoms with E-state index in [4.69, 9.17) is 0 Å². The zero-order valence-corrected chi connectivity index (χ0v) is 21.0. The highest BCUT2D eigenvalue weighted by molar-refractivity contribution is 5.63. The maximum Gasteiger partial charge on any atom is 0.411 e. The summed E-state index contributed by atoms with van der Waals surface area (Å²) in [6.07, 6.45) is -11.1. The normalized spacial score (nSPS) is 12.1. The first-order valence-corrected chi connectivity index (χ1v) is 11.7. The molecule has 0 N–H and O–H groups in total. The lowest BCUT2D eigenvalue weighted by atomic mass is 9.72. The van der Waals surface area contributed by atoms with Crippen molar-refractivity contribution in [1.82, 2.24) is 0 Å². The molecule has 6 heteroatoms. The van der Waals surface area contributed by atoms with Gasteiger partial charge in [0.25, 0.3) is 0 Å². The van der Waals surface area contributed by atoms with Gasteiger partial charge in [-0.15, -0.1) is 0 Å². The van der Waals surface area contributed by atoms with E-state index >= 15 is 0 Å². The number of halogens is 6. The van der Waals surface area contributed by atoms with Crippen molar-refractivity contribution >= 4 is 0 Å². The monoisotopic (exact) mass is 514 g/mol. The summed E-state index contributed by atoms with van der Waals surface area (Å²) in [5.74, 6) is 0. The minimum atomic E-state index is -5.53. The number of benzene rings is 4. The fourth-order valence-electron chi connectivity index (χ4n) is 4.08. The zero-order chi connectivity index (χ0) is 27.4. The fraction of sp³-hybridized carbons (Fsp3) is 0.226. The Balaban J connectivity index is 0.000000231. The molecule has 0 saturated carbocycles. The Morgan fingerprint density at radius 1 is 0.351 bits per heavy atom. The lowest BCUT2D eigenvalue weighted by Gasteiger charge is -2.38. The first-order valence-electron chi connectivity index (χ1n) is 11.7. The van der Waals surface area contributed by atoms with Crippen LogP contribution >= 0.6 is 0 Å². The Hall–Kier alpha value is -3.54. The quantitative estimate of drug-likeness (QED) is 0.239. The molecule has 0 spiro atoms. The minimum absolute atomic E-state index is 0.580. The Bertz CT molecular complexity index is 1170. The molecule has 194 valence electrons. The fourth-order valence-corrected chi connectivity index (χ4v) is 4.08. The van der Waals surface area contributed by atoms with Gasteiger partial charge in [0, 0.05) is 0 Å². The summed E-state index contributed by atoms with van der Waals surface area (Å²) in [6.45, 7) is 7.41. The largest absolute Gasteiger partial charge is 0.411 e. The van der Waals surface area contributed by atoms with Crippen LogP contribution in [0.1, 0.15) is 33.4 Å². The summed E-state index contributed by atoms with van der Waals surface area (Å²) < 4.78 is 82.3. The Kier molecular flexibility index (Phi) is 8.21. The second-order valence-electron chi connectivity index (χ2n) is 9.21. The first-order chi connectivity index (χ1) is 17.3. The van der Waals surface area contributed by atoms with Crippen LogP contribution in [0, 0.1) is 27.7 Å². The predicted octanol–water partition coefficient (Wildman–Crippen LogP) is 9.68. The van der Waals surface area contributed by atoms with Gasteiger partial charge in [-0.3, -0.25) is 0 Å². The van der Waals surface area contributed by atoms with Crippen LogP contribution in [0.4, 0.5) is 26.3 Å². The van der Waals surface area contributed by atoms with E-state index in [1.807, 2.05) is 0 Å². The average molecular weight is 515 g/mol. The van der Waals surface area contributed by atoms with Crippen molar-refractivity contribution in [3.63, 3.8) is 0 Å². The average Bonchev–Trinajstić information content (AvgIpc) is 2.82. The van der Waals surface area contributed by atoms with Gasteiger partial charge in [0.2, 0.25) is 5.41 Å². The van der Waals surface area contributed by atoms with Crippen LogP contribution in [0.3, 0.4) is 0 Å². The smallest absolute Gasteiger partial charge is 0.169 e. The summed E-state index contributed by atoms with van der Waals surface area (Å²) >= 11 is 0. The standard InChI is InChI=1S/C17H14F6.C14H14/c1-11-3-7-13(8-4-11)15(16(18,19)20,17(21,22)23)14-9-5-12(2)6-10-14;1-11-3-7-13(8-4-11)14-9-5-12(2)6-10-14/h3-10H,1-2H3;3-10H,1-2H3. The van der Waals surface area contributed by atoms with E-state index in [1.54, 1.807) is 13.8 Å². The molecule has 0 heterocycles. The molecule has 0 aliphatic carbocycles. The van der Waals surface area contributed by atoms with Gasteiger partial charge in [-0.1, -0.05) is 119 Å². The van der Waals surface area contributed by atoms with Crippen LogP contribution in [0.25, 0.3) is 11.1 Å². The lowest BCUT2D eigenvalue weighted by Crippen LogP contribution is -2.54. The van der Waals surface area contributed by atoms with E-state index < -0.39 is 28.9 Å². The Morgan fingerprint density at radius 3 is 0.784 bits per heavy atom. The molecule has 0 unspecified atom stereocenters.